The maximum Gasteiger partial charge on any atom is 0.274 e. The van der Waals surface area contributed by atoms with Gasteiger partial charge >= 0.3 is 0 Å². The number of carbonyl (C=O) groups excluding carboxylic acids is 1. The first-order valence-electron chi connectivity index (χ1n) is 8.84. The van der Waals surface area contributed by atoms with E-state index in [2.05, 4.69) is 15.6 Å². The molecule has 0 radical (unpaired) electrons. The zero-order valence-corrected chi connectivity index (χ0v) is 16.4. The van der Waals surface area contributed by atoms with Crippen molar-refractivity contribution in [3.05, 3.63) is 71.5 Å². The second kappa shape index (κ2) is 8.43. The Hall–Kier alpha value is -3.54. The van der Waals surface area contributed by atoms with Crippen molar-refractivity contribution >= 4 is 23.0 Å². The van der Waals surface area contributed by atoms with Gasteiger partial charge in [0.1, 0.15) is 17.2 Å². The van der Waals surface area contributed by atoms with Crippen LogP contribution in [0.25, 0.3) is 0 Å². The third-order valence-electron chi connectivity index (χ3n) is 4.45. The zero-order valence-electron chi connectivity index (χ0n) is 16.4. The molecule has 6 nitrogen and oxygen atoms in total. The molecule has 0 fully saturated rings. The molecule has 2 aromatic carbocycles. The molecule has 3 aromatic rings. The third kappa shape index (κ3) is 4.40. The SMILES string of the molecule is COc1ccc(Nc2ccnc(C(=O)Nc3ccc(C)c(C)c3)c2)c(OC)c1. The number of methoxy groups -OCH3 is 2. The highest BCUT2D eigenvalue weighted by Crippen LogP contribution is 2.31. The largest absolute Gasteiger partial charge is 0.497 e. The Morgan fingerprint density at radius 3 is 2.43 bits per heavy atom. The van der Waals surface area contributed by atoms with Gasteiger partial charge in [-0.05, 0) is 61.4 Å². The van der Waals surface area contributed by atoms with E-state index in [-0.39, 0.29) is 5.91 Å². The summed E-state index contributed by atoms with van der Waals surface area (Å²) in [5, 5.41) is 6.13. The molecule has 0 aliphatic rings. The fourth-order valence-corrected chi connectivity index (χ4v) is 2.70. The molecule has 0 unspecified atom stereocenters. The van der Waals surface area contributed by atoms with Crippen molar-refractivity contribution in [1.82, 2.24) is 4.98 Å². The van der Waals surface area contributed by atoms with Crippen LogP contribution in [0.4, 0.5) is 17.1 Å². The van der Waals surface area contributed by atoms with Crippen LogP contribution in [-0.4, -0.2) is 25.1 Å². The van der Waals surface area contributed by atoms with Crippen molar-refractivity contribution in [2.24, 2.45) is 0 Å². The average Bonchev–Trinajstić information content (AvgIpc) is 2.71. The van der Waals surface area contributed by atoms with Gasteiger partial charge in [0, 0.05) is 23.6 Å². The molecule has 144 valence electrons. The number of rotatable bonds is 6. The van der Waals surface area contributed by atoms with Gasteiger partial charge in [0.15, 0.2) is 0 Å². The van der Waals surface area contributed by atoms with E-state index in [1.165, 1.54) is 5.56 Å². The van der Waals surface area contributed by atoms with Crippen LogP contribution >= 0.6 is 0 Å². The molecule has 0 saturated carbocycles. The summed E-state index contributed by atoms with van der Waals surface area (Å²) in [6, 6.07) is 14.8. The van der Waals surface area contributed by atoms with E-state index in [9.17, 15) is 4.79 Å². The summed E-state index contributed by atoms with van der Waals surface area (Å²) in [5.41, 5.74) is 4.84. The summed E-state index contributed by atoms with van der Waals surface area (Å²) in [6.45, 7) is 4.04. The second-order valence-electron chi connectivity index (χ2n) is 6.37. The molecule has 0 saturated heterocycles. The Morgan fingerprint density at radius 2 is 1.71 bits per heavy atom. The fourth-order valence-electron chi connectivity index (χ4n) is 2.70. The summed E-state index contributed by atoms with van der Waals surface area (Å²) in [6.07, 6.45) is 1.59. The molecule has 0 atom stereocenters. The molecule has 0 bridgehead atoms. The summed E-state index contributed by atoms with van der Waals surface area (Å²) >= 11 is 0. The van der Waals surface area contributed by atoms with Crippen molar-refractivity contribution < 1.29 is 14.3 Å². The Morgan fingerprint density at radius 1 is 0.893 bits per heavy atom. The number of carbonyl (C=O) groups is 1. The number of amides is 1. The predicted octanol–water partition coefficient (Wildman–Crippen LogP) is 4.71. The average molecular weight is 377 g/mol. The van der Waals surface area contributed by atoms with Crippen LogP contribution in [0.15, 0.2) is 54.7 Å². The molecule has 1 aromatic heterocycles. The summed E-state index contributed by atoms with van der Waals surface area (Å²) in [4.78, 5) is 16.8. The summed E-state index contributed by atoms with van der Waals surface area (Å²) < 4.78 is 10.6. The van der Waals surface area contributed by atoms with Gasteiger partial charge in [-0.25, -0.2) is 0 Å². The number of aromatic nitrogens is 1. The van der Waals surface area contributed by atoms with E-state index in [4.69, 9.17) is 9.47 Å². The topological polar surface area (TPSA) is 72.5 Å². The van der Waals surface area contributed by atoms with Crippen LogP contribution in [0.2, 0.25) is 0 Å². The molecule has 1 amide bonds. The van der Waals surface area contributed by atoms with E-state index >= 15 is 0 Å². The van der Waals surface area contributed by atoms with Crippen molar-refractivity contribution in [2.75, 3.05) is 24.9 Å². The van der Waals surface area contributed by atoms with Crippen LogP contribution in [-0.2, 0) is 0 Å². The molecule has 6 heteroatoms. The number of anilines is 3. The highest BCUT2D eigenvalue weighted by atomic mass is 16.5. The van der Waals surface area contributed by atoms with Gasteiger partial charge in [0.05, 0.1) is 19.9 Å². The van der Waals surface area contributed by atoms with Crippen LogP contribution in [0.1, 0.15) is 21.6 Å². The van der Waals surface area contributed by atoms with E-state index in [0.717, 1.165) is 22.6 Å². The first-order valence-corrected chi connectivity index (χ1v) is 8.84. The Bertz CT molecular complexity index is 1000. The van der Waals surface area contributed by atoms with Gasteiger partial charge in [-0.15, -0.1) is 0 Å². The van der Waals surface area contributed by atoms with E-state index < -0.39 is 0 Å². The molecule has 0 aliphatic heterocycles. The number of pyridine rings is 1. The number of hydrogen-bond acceptors (Lipinski definition) is 5. The van der Waals surface area contributed by atoms with Crippen molar-refractivity contribution in [1.29, 1.82) is 0 Å². The predicted molar refractivity (Wildman–Crippen MR) is 111 cm³/mol. The molecule has 3 rings (SSSR count). The number of aryl methyl sites for hydroxylation is 2. The minimum absolute atomic E-state index is 0.270. The van der Waals surface area contributed by atoms with Crippen LogP contribution in [0.5, 0.6) is 11.5 Å². The molecule has 2 N–H and O–H groups in total. The van der Waals surface area contributed by atoms with Crippen molar-refractivity contribution in [3.8, 4) is 11.5 Å². The smallest absolute Gasteiger partial charge is 0.274 e. The number of benzene rings is 2. The maximum atomic E-state index is 12.6. The van der Waals surface area contributed by atoms with Crippen LogP contribution in [0, 0.1) is 13.8 Å². The molecule has 28 heavy (non-hydrogen) atoms. The van der Waals surface area contributed by atoms with Crippen molar-refractivity contribution in [2.45, 2.75) is 13.8 Å². The van der Waals surface area contributed by atoms with Crippen LogP contribution < -0.4 is 20.1 Å². The lowest BCUT2D eigenvalue weighted by Gasteiger charge is -2.13. The number of nitrogens with one attached hydrogen (secondary N) is 2. The lowest BCUT2D eigenvalue weighted by atomic mass is 10.1. The van der Waals surface area contributed by atoms with Gasteiger partial charge in [-0.3, -0.25) is 9.78 Å². The molecular formula is C22H23N3O3. The van der Waals surface area contributed by atoms with Crippen molar-refractivity contribution in [3.63, 3.8) is 0 Å². The normalized spacial score (nSPS) is 10.3. The van der Waals surface area contributed by atoms with E-state index in [1.54, 1.807) is 38.6 Å². The second-order valence-corrected chi connectivity index (χ2v) is 6.37. The molecule has 1 heterocycles. The van der Waals surface area contributed by atoms with E-state index in [1.807, 2.05) is 44.2 Å². The molecule has 0 aliphatic carbocycles. The Balaban J connectivity index is 1.78. The molecular weight excluding hydrogens is 354 g/mol. The maximum absolute atomic E-state index is 12.6. The van der Waals surface area contributed by atoms with Gasteiger partial charge < -0.3 is 20.1 Å². The zero-order chi connectivity index (χ0) is 20.1. The summed E-state index contributed by atoms with van der Waals surface area (Å²) in [7, 11) is 3.19. The molecule has 0 spiro atoms. The monoisotopic (exact) mass is 377 g/mol. The van der Waals surface area contributed by atoms with Gasteiger partial charge in [0.25, 0.3) is 5.91 Å². The number of ether oxygens (including phenoxy) is 2. The van der Waals surface area contributed by atoms with Gasteiger partial charge in [0.2, 0.25) is 0 Å². The highest BCUT2D eigenvalue weighted by molar-refractivity contribution is 6.03. The lowest BCUT2D eigenvalue weighted by molar-refractivity contribution is 0.102. The highest BCUT2D eigenvalue weighted by Gasteiger charge is 2.11. The standard InChI is InChI=1S/C22H23N3O3/c1-14-5-6-16(11-15(14)2)25-22(26)20-12-17(9-10-23-20)24-19-8-7-18(27-3)13-21(19)28-4/h5-13H,1-4H3,(H,23,24)(H,25,26). The third-order valence-corrected chi connectivity index (χ3v) is 4.45. The fraction of sp³-hybridized carbons (Fsp3) is 0.182. The number of hydrogen-bond donors (Lipinski definition) is 2. The first kappa shape index (κ1) is 19.2. The minimum atomic E-state index is -0.270. The lowest BCUT2D eigenvalue weighted by Crippen LogP contribution is -2.14. The van der Waals surface area contributed by atoms with Gasteiger partial charge in [-0.1, -0.05) is 6.07 Å². The summed E-state index contributed by atoms with van der Waals surface area (Å²) in [5.74, 6) is 1.07. The number of nitrogens with zero attached hydrogens (tertiary/aromatic N) is 1. The first-order chi connectivity index (χ1) is 13.5. The van der Waals surface area contributed by atoms with Crippen LogP contribution in [0.3, 0.4) is 0 Å². The van der Waals surface area contributed by atoms with Gasteiger partial charge in [-0.2, -0.15) is 0 Å². The van der Waals surface area contributed by atoms with E-state index in [0.29, 0.717) is 17.2 Å². The minimum Gasteiger partial charge on any atom is -0.497 e. The Kier molecular flexibility index (Phi) is 5.79. The quantitative estimate of drug-likeness (QED) is 0.651. The Labute approximate surface area is 164 Å².